The summed E-state index contributed by atoms with van der Waals surface area (Å²) in [6.07, 6.45) is 3.78. The van der Waals surface area contributed by atoms with Crippen LogP contribution in [0, 0.1) is 22.7 Å². The zero-order valence-electron chi connectivity index (χ0n) is 12.7. The molecule has 0 unspecified atom stereocenters. The molecule has 3 nitrogen and oxygen atoms in total. The average Bonchev–Trinajstić information content (AvgIpc) is 2.62. The van der Waals surface area contributed by atoms with E-state index >= 15 is 0 Å². The lowest BCUT2D eigenvalue weighted by atomic mass is 9.58. The predicted octanol–water partition coefficient (Wildman–Crippen LogP) is 1.70. The first-order chi connectivity index (χ1) is 8.28. The van der Waals surface area contributed by atoms with Crippen LogP contribution < -0.4 is 5.73 Å². The molecule has 0 heterocycles. The molecule has 3 heteroatoms. The van der Waals surface area contributed by atoms with Gasteiger partial charge in [-0.3, -0.25) is 0 Å². The number of nitrogens with zero attached hydrogens (tertiary/aromatic N) is 1. The van der Waals surface area contributed by atoms with Crippen molar-refractivity contribution in [2.45, 2.75) is 45.6 Å². The van der Waals surface area contributed by atoms with Crippen LogP contribution in [0.3, 0.4) is 0 Å². The number of fused-ring (bicyclic) bond motifs is 2. The van der Waals surface area contributed by atoms with E-state index in [1.165, 1.54) is 19.3 Å². The highest BCUT2D eigenvalue weighted by atomic mass is 16.3. The molecule has 0 amide bonds. The molecule has 2 bridgehead atoms. The molecule has 0 aromatic heterocycles. The second-order valence-electron chi connectivity index (χ2n) is 7.43. The Bertz CT molecular complexity index is 324. The molecular formula is C15H30N2O. The maximum absolute atomic E-state index is 9.81. The Hall–Kier alpha value is -0.120. The van der Waals surface area contributed by atoms with Gasteiger partial charge < -0.3 is 15.7 Å². The lowest BCUT2D eigenvalue weighted by Gasteiger charge is -2.56. The number of nitrogens with two attached hydrogens (primary N) is 1. The number of hydrogen-bond donors (Lipinski definition) is 2. The molecule has 0 spiro atoms. The van der Waals surface area contributed by atoms with Crippen molar-refractivity contribution in [3.05, 3.63) is 0 Å². The number of aliphatic hydroxyl groups is 1. The standard InChI is InChI=1S/C15H30N2O/c1-13(2)11-6-7-14(13,3)15(8-11,17(4)5)12(9-16)10-18/h11-12,18H,6-10,16H2,1-5H3/t11-,12+,14-,15+/m0/s1. The lowest BCUT2D eigenvalue weighted by Crippen LogP contribution is -2.63. The molecule has 106 valence electrons. The molecule has 0 aromatic rings. The molecule has 2 fully saturated rings. The number of aliphatic hydroxyl groups excluding tert-OH is 1. The monoisotopic (exact) mass is 254 g/mol. The Morgan fingerprint density at radius 3 is 2.22 bits per heavy atom. The van der Waals surface area contributed by atoms with Gasteiger partial charge in [-0.05, 0) is 56.7 Å². The van der Waals surface area contributed by atoms with E-state index in [-0.39, 0.29) is 23.5 Å². The Kier molecular flexibility index (Phi) is 3.33. The second-order valence-corrected chi connectivity index (χ2v) is 7.43. The molecule has 2 aliphatic rings. The highest BCUT2D eigenvalue weighted by Crippen LogP contribution is 2.72. The van der Waals surface area contributed by atoms with Crippen LogP contribution in [-0.2, 0) is 0 Å². The van der Waals surface area contributed by atoms with Crippen LogP contribution >= 0.6 is 0 Å². The summed E-state index contributed by atoms with van der Waals surface area (Å²) in [6.45, 7) is 8.04. The van der Waals surface area contributed by atoms with Gasteiger partial charge in [0, 0.05) is 18.1 Å². The van der Waals surface area contributed by atoms with Gasteiger partial charge in [0.1, 0.15) is 0 Å². The van der Waals surface area contributed by atoms with Gasteiger partial charge in [0.25, 0.3) is 0 Å². The first-order valence-corrected chi connectivity index (χ1v) is 7.26. The third-order valence-electron chi connectivity index (χ3n) is 6.93. The summed E-state index contributed by atoms with van der Waals surface area (Å²) in [6, 6.07) is 0. The van der Waals surface area contributed by atoms with Gasteiger partial charge in [0.2, 0.25) is 0 Å². The molecule has 18 heavy (non-hydrogen) atoms. The minimum atomic E-state index is 0.0584. The van der Waals surface area contributed by atoms with E-state index in [1.807, 2.05) is 0 Å². The predicted molar refractivity (Wildman–Crippen MR) is 75.3 cm³/mol. The van der Waals surface area contributed by atoms with E-state index in [0.29, 0.717) is 12.0 Å². The molecule has 2 aliphatic carbocycles. The second kappa shape index (κ2) is 4.19. The van der Waals surface area contributed by atoms with Gasteiger partial charge in [0.15, 0.2) is 0 Å². The quantitative estimate of drug-likeness (QED) is 0.803. The Morgan fingerprint density at radius 1 is 1.33 bits per heavy atom. The van der Waals surface area contributed by atoms with Gasteiger partial charge in [0.05, 0.1) is 0 Å². The zero-order valence-corrected chi connectivity index (χ0v) is 12.7. The van der Waals surface area contributed by atoms with Gasteiger partial charge in [-0.1, -0.05) is 20.8 Å². The SMILES string of the molecule is CN(C)[C@@]1([C@H](CN)CO)C[C@@H]2CC[C@@]1(C)C2(C)C. The van der Waals surface area contributed by atoms with Crippen molar-refractivity contribution in [3.63, 3.8) is 0 Å². The Morgan fingerprint density at radius 2 is 1.94 bits per heavy atom. The molecule has 0 aliphatic heterocycles. The van der Waals surface area contributed by atoms with Gasteiger partial charge in [-0.25, -0.2) is 0 Å². The van der Waals surface area contributed by atoms with Gasteiger partial charge in [-0.2, -0.15) is 0 Å². The fourth-order valence-corrected chi connectivity index (χ4v) is 5.41. The zero-order chi connectivity index (χ0) is 13.8. The summed E-state index contributed by atoms with van der Waals surface area (Å²) in [5.74, 6) is 0.951. The summed E-state index contributed by atoms with van der Waals surface area (Å²) >= 11 is 0. The smallest absolute Gasteiger partial charge is 0.0489 e. The largest absolute Gasteiger partial charge is 0.396 e. The summed E-state index contributed by atoms with van der Waals surface area (Å²) in [5, 5.41) is 9.81. The maximum Gasteiger partial charge on any atom is 0.0489 e. The highest BCUT2D eigenvalue weighted by molar-refractivity contribution is 5.23. The highest BCUT2D eigenvalue weighted by Gasteiger charge is 2.70. The van der Waals surface area contributed by atoms with Crippen LogP contribution in [0.1, 0.15) is 40.0 Å². The van der Waals surface area contributed by atoms with Crippen molar-refractivity contribution in [1.29, 1.82) is 0 Å². The van der Waals surface area contributed by atoms with Crippen molar-refractivity contribution in [3.8, 4) is 0 Å². The molecule has 3 N–H and O–H groups in total. The third-order valence-corrected chi connectivity index (χ3v) is 6.93. The average molecular weight is 254 g/mol. The van der Waals surface area contributed by atoms with E-state index in [2.05, 4.69) is 39.8 Å². The minimum absolute atomic E-state index is 0.0584. The first kappa shape index (κ1) is 14.3. The fraction of sp³-hybridized carbons (Fsp3) is 1.00. The molecule has 4 atom stereocenters. The molecular weight excluding hydrogens is 224 g/mol. The molecule has 0 radical (unpaired) electrons. The van der Waals surface area contributed by atoms with Crippen molar-refractivity contribution >= 4 is 0 Å². The molecule has 2 saturated carbocycles. The maximum atomic E-state index is 9.81. The molecule has 0 saturated heterocycles. The molecule has 2 rings (SSSR count). The molecule has 0 aromatic carbocycles. The fourth-order valence-electron chi connectivity index (χ4n) is 5.41. The number of hydrogen-bond acceptors (Lipinski definition) is 3. The lowest BCUT2D eigenvalue weighted by molar-refractivity contribution is -0.0723. The summed E-state index contributed by atoms with van der Waals surface area (Å²) in [7, 11) is 4.33. The Labute approximate surface area is 112 Å². The minimum Gasteiger partial charge on any atom is -0.396 e. The van der Waals surface area contributed by atoms with Crippen LogP contribution in [0.25, 0.3) is 0 Å². The van der Waals surface area contributed by atoms with E-state index < -0.39 is 0 Å². The number of rotatable bonds is 4. The van der Waals surface area contributed by atoms with Crippen molar-refractivity contribution in [1.82, 2.24) is 4.90 Å². The van der Waals surface area contributed by atoms with E-state index in [9.17, 15) is 5.11 Å². The van der Waals surface area contributed by atoms with Gasteiger partial charge in [-0.15, -0.1) is 0 Å². The first-order valence-electron chi connectivity index (χ1n) is 7.26. The van der Waals surface area contributed by atoms with Crippen molar-refractivity contribution in [2.75, 3.05) is 27.2 Å². The van der Waals surface area contributed by atoms with Crippen LogP contribution in [-0.4, -0.2) is 42.8 Å². The topological polar surface area (TPSA) is 49.5 Å². The van der Waals surface area contributed by atoms with Crippen molar-refractivity contribution < 1.29 is 5.11 Å². The summed E-state index contributed by atoms with van der Waals surface area (Å²) in [5.41, 5.74) is 6.64. The van der Waals surface area contributed by atoms with Crippen LogP contribution in [0.4, 0.5) is 0 Å². The third kappa shape index (κ3) is 1.36. The summed E-state index contributed by atoms with van der Waals surface area (Å²) in [4.78, 5) is 2.36. The van der Waals surface area contributed by atoms with E-state index in [4.69, 9.17) is 5.73 Å². The summed E-state index contributed by atoms with van der Waals surface area (Å²) < 4.78 is 0. The van der Waals surface area contributed by atoms with E-state index in [1.54, 1.807) is 0 Å². The van der Waals surface area contributed by atoms with Gasteiger partial charge >= 0.3 is 0 Å². The normalized spacial score (nSPS) is 43.7. The van der Waals surface area contributed by atoms with Crippen LogP contribution in [0.5, 0.6) is 0 Å². The Balaban J connectivity index is 2.52. The van der Waals surface area contributed by atoms with Crippen molar-refractivity contribution in [2.24, 2.45) is 28.4 Å². The van der Waals surface area contributed by atoms with E-state index in [0.717, 1.165) is 5.92 Å². The van der Waals surface area contributed by atoms with Crippen LogP contribution in [0.2, 0.25) is 0 Å². The van der Waals surface area contributed by atoms with Crippen LogP contribution in [0.15, 0.2) is 0 Å².